The van der Waals surface area contributed by atoms with Crippen molar-refractivity contribution in [3.8, 4) is 0 Å². The Balaban J connectivity index is 1.79. The molecular weight excluding hydrogens is 331 g/mol. The summed E-state index contributed by atoms with van der Waals surface area (Å²) in [6.07, 6.45) is 0. The summed E-state index contributed by atoms with van der Waals surface area (Å²) in [7, 11) is 0.469. The fraction of sp³-hybridized carbons (Fsp3) is 0.250. The van der Waals surface area contributed by atoms with Gasteiger partial charge >= 0.3 is 7.48 Å². The third-order valence-electron chi connectivity index (χ3n) is 5.88. The topological polar surface area (TPSA) is 29.5 Å². The van der Waals surface area contributed by atoms with E-state index in [2.05, 4.69) is 66.7 Å². The molecule has 1 N–H and O–H groups in total. The number of benzene rings is 4. The Labute approximate surface area is 161 Å². The van der Waals surface area contributed by atoms with Crippen LogP contribution >= 0.6 is 0 Å². The Morgan fingerprint density at radius 3 is 2.00 bits per heavy atom. The molecule has 0 aliphatic rings. The van der Waals surface area contributed by atoms with Gasteiger partial charge in [-0.25, -0.2) is 0 Å². The highest BCUT2D eigenvalue weighted by Gasteiger charge is 2.35. The summed E-state index contributed by atoms with van der Waals surface area (Å²) >= 11 is 0. The van der Waals surface area contributed by atoms with Crippen molar-refractivity contribution in [2.24, 2.45) is 0 Å². The fourth-order valence-corrected chi connectivity index (χ4v) is 3.40. The molecule has 0 amide bonds. The van der Waals surface area contributed by atoms with Gasteiger partial charge in [0.2, 0.25) is 0 Å². The van der Waals surface area contributed by atoms with Crippen molar-refractivity contribution >= 4 is 45.3 Å². The first-order valence-corrected chi connectivity index (χ1v) is 9.46. The summed E-state index contributed by atoms with van der Waals surface area (Å²) in [5, 5.41) is 17.8. The van der Waals surface area contributed by atoms with E-state index in [4.69, 9.17) is 4.65 Å². The van der Waals surface area contributed by atoms with Crippen LogP contribution in [0.2, 0.25) is 0 Å². The van der Waals surface area contributed by atoms with Crippen molar-refractivity contribution in [2.75, 3.05) is 0 Å². The van der Waals surface area contributed by atoms with E-state index in [9.17, 15) is 5.11 Å². The van der Waals surface area contributed by atoms with Crippen molar-refractivity contribution in [3.63, 3.8) is 0 Å². The monoisotopic (exact) mass is 356 g/mol. The first-order chi connectivity index (χ1) is 12.8. The molecule has 0 bridgehead atoms. The third kappa shape index (κ3) is 3.22. The van der Waals surface area contributed by atoms with E-state index >= 15 is 0 Å². The zero-order chi connectivity index (χ0) is 19.2. The summed E-state index contributed by atoms with van der Waals surface area (Å²) in [6, 6.07) is 23.8. The van der Waals surface area contributed by atoms with Gasteiger partial charge in [-0.15, -0.1) is 0 Å². The minimum Gasteiger partial charge on any atom is -0.427 e. The highest BCUT2D eigenvalue weighted by Crippen LogP contribution is 2.31. The summed E-state index contributed by atoms with van der Waals surface area (Å²) in [6.45, 7) is 7.42. The Kier molecular flexibility index (Phi) is 4.25. The lowest BCUT2D eigenvalue weighted by molar-refractivity contribution is -0.0893. The molecule has 27 heavy (non-hydrogen) atoms. The largest absolute Gasteiger partial charge is 0.427 e. The summed E-state index contributed by atoms with van der Waals surface area (Å²) in [5.41, 5.74) is -0.424. The Hall–Kier alpha value is -2.36. The summed E-state index contributed by atoms with van der Waals surface area (Å²) in [5.74, 6) is 0. The van der Waals surface area contributed by atoms with Crippen molar-refractivity contribution in [1.82, 2.24) is 0 Å². The molecule has 4 rings (SSSR count). The van der Waals surface area contributed by atoms with Crippen LogP contribution in [-0.2, 0) is 4.65 Å². The molecule has 0 aliphatic carbocycles. The van der Waals surface area contributed by atoms with Crippen LogP contribution in [-0.4, -0.2) is 23.8 Å². The van der Waals surface area contributed by atoms with Gasteiger partial charge in [0.05, 0.1) is 11.2 Å². The van der Waals surface area contributed by atoms with E-state index in [-0.39, 0.29) is 0 Å². The number of hydrogen-bond donors (Lipinski definition) is 1. The minimum atomic E-state index is -0.907. The molecule has 0 atom stereocenters. The lowest BCUT2D eigenvalue weighted by Gasteiger charge is -2.37. The van der Waals surface area contributed by atoms with Gasteiger partial charge in [-0.1, -0.05) is 72.2 Å². The zero-order valence-electron chi connectivity index (χ0n) is 16.4. The van der Waals surface area contributed by atoms with Gasteiger partial charge in [0.25, 0.3) is 0 Å². The lowest BCUT2D eigenvalue weighted by atomic mass is 9.81. The maximum absolute atomic E-state index is 10.3. The molecule has 0 saturated heterocycles. The van der Waals surface area contributed by atoms with Crippen LogP contribution in [0.5, 0.6) is 0 Å². The molecule has 0 aliphatic heterocycles. The standard InChI is InChI=1S/C24H25BO2/c1-23(2,26)24(3,4)27-25-18-12-9-17-11-13-20-19-8-6-5-7-16(19)10-14-21(20)22(17)15-18/h5-15,25-26H,1-4H3. The molecule has 136 valence electrons. The van der Waals surface area contributed by atoms with Crippen molar-refractivity contribution in [2.45, 2.75) is 38.9 Å². The van der Waals surface area contributed by atoms with E-state index in [0.717, 1.165) is 5.46 Å². The van der Waals surface area contributed by atoms with Crippen LogP contribution in [0.15, 0.2) is 66.7 Å². The first kappa shape index (κ1) is 18.0. The molecule has 4 aromatic rings. The molecule has 0 spiro atoms. The molecule has 0 saturated carbocycles. The van der Waals surface area contributed by atoms with Crippen molar-refractivity contribution < 1.29 is 9.76 Å². The van der Waals surface area contributed by atoms with Crippen LogP contribution < -0.4 is 5.46 Å². The number of hydrogen-bond acceptors (Lipinski definition) is 2. The highest BCUT2D eigenvalue weighted by atomic mass is 16.5. The molecular formula is C24H25BO2. The van der Waals surface area contributed by atoms with Crippen molar-refractivity contribution in [1.29, 1.82) is 0 Å². The Morgan fingerprint density at radius 1 is 0.704 bits per heavy atom. The molecule has 3 heteroatoms. The first-order valence-electron chi connectivity index (χ1n) is 9.46. The maximum Gasteiger partial charge on any atom is 0.309 e. The molecule has 0 unspecified atom stereocenters. The smallest absolute Gasteiger partial charge is 0.309 e. The van der Waals surface area contributed by atoms with E-state index < -0.39 is 11.2 Å². The average Bonchev–Trinajstić information content (AvgIpc) is 2.65. The van der Waals surface area contributed by atoms with E-state index in [1.165, 1.54) is 32.3 Å². The fourth-order valence-electron chi connectivity index (χ4n) is 3.40. The highest BCUT2D eigenvalue weighted by molar-refractivity contribution is 6.47. The van der Waals surface area contributed by atoms with Gasteiger partial charge in [0.1, 0.15) is 0 Å². The molecule has 0 heterocycles. The van der Waals surface area contributed by atoms with Crippen molar-refractivity contribution in [3.05, 3.63) is 66.7 Å². The van der Waals surface area contributed by atoms with Gasteiger partial charge < -0.3 is 9.76 Å². The second kappa shape index (κ2) is 6.37. The summed E-state index contributed by atoms with van der Waals surface area (Å²) < 4.78 is 6.06. The molecule has 2 nitrogen and oxygen atoms in total. The number of aliphatic hydroxyl groups is 1. The van der Waals surface area contributed by atoms with Crippen LogP contribution in [0.3, 0.4) is 0 Å². The van der Waals surface area contributed by atoms with Gasteiger partial charge in [0, 0.05) is 0 Å². The number of fused-ring (bicyclic) bond motifs is 5. The average molecular weight is 356 g/mol. The number of rotatable bonds is 4. The second-order valence-corrected chi connectivity index (χ2v) is 8.36. The normalized spacial score (nSPS) is 12.8. The minimum absolute atomic E-state index is 0.469. The third-order valence-corrected chi connectivity index (χ3v) is 5.88. The molecule has 0 radical (unpaired) electrons. The van der Waals surface area contributed by atoms with Crippen LogP contribution in [0.4, 0.5) is 0 Å². The SMILES string of the molecule is CC(C)(O)C(C)(C)OBc1ccc2ccc3c4ccccc4ccc3c2c1. The van der Waals surface area contributed by atoms with Crippen LogP contribution in [0, 0.1) is 0 Å². The van der Waals surface area contributed by atoms with E-state index in [0.29, 0.717) is 7.48 Å². The zero-order valence-corrected chi connectivity index (χ0v) is 16.4. The van der Waals surface area contributed by atoms with Gasteiger partial charge in [-0.2, -0.15) is 0 Å². The lowest BCUT2D eigenvalue weighted by Crippen LogP contribution is -2.49. The Bertz CT molecular complexity index is 1140. The quantitative estimate of drug-likeness (QED) is 0.425. The van der Waals surface area contributed by atoms with E-state index in [1.54, 1.807) is 13.8 Å². The predicted octanol–water partition coefficient (Wildman–Crippen LogP) is 4.69. The van der Waals surface area contributed by atoms with Crippen LogP contribution in [0.25, 0.3) is 32.3 Å². The van der Waals surface area contributed by atoms with Gasteiger partial charge in [-0.05, 0) is 60.0 Å². The maximum atomic E-state index is 10.3. The predicted molar refractivity (Wildman–Crippen MR) is 117 cm³/mol. The summed E-state index contributed by atoms with van der Waals surface area (Å²) in [4.78, 5) is 0. The molecule has 4 aromatic carbocycles. The van der Waals surface area contributed by atoms with Gasteiger partial charge in [0.15, 0.2) is 0 Å². The van der Waals surface area contributed by atoms with Crippen LogP contribution in [0.1, 0.15) is 27.7 Å². The molecule has 0 fully saturated rings. The molecule has 0 aromatic heterocycles. The Morgan fingerprint density at radius 2 is 1.30 bits per heavy atom. The second-order valence-electron chi connectivity index (χ2n) is 8.36. The van der Waals surface area contributed by atoms with E-state index in [1.807, 2.05) is 13.8 Å². The van der Waals surface area contributed by atoms with Gasteiger partial charge in [-0.3, -0.25) is 0 Å².